The zero-order valence-corrected chi connectivity index (χ0v) is 9.98. The number of imidazole rings is 1. The molecular weight excluding hydrogens is 198 g/mol. The predicted octanol–water partition coefficient (Wildman–Crippen LogP) is 2.51. The first-order valence-electron chi connectivity index (χ1n) is 5.93. The van der Waals surface area contributed by atoms with Gasteiger partial charge < -0.3 is 10.3 Å². The monoisotopic (exact) mass is 217 g/mol. The molecule has 3 nitrogen and oxygen atoms in total. The van der Waals surface area contributed by atoms with Gasteiger partial charge in [0.05, 0.1) is 11.0 Å². The van der Waals surface area contributed by atoms with Gasteiger partial charge in [-0.25, -0.2) is 4.98 Å². The molecule has 0 bridgehead atoms. The lowest BCUT2D eigenvalue weighted by Gasteiger charge is -2.11. The highest BCUT2D eigenvalue weighted by Crippen LogP contribution is 2.23. The molecule has 2 N–H and O–H groups in total. The molecule has 0 spiro atoms. The molecule has 1 heterocycles. The number of nitrogens with zero attached hydrogens (tertiary/aromatic N) is 2. The Bertz CT molecular complexity index is 473. The first kappa shape index (κ1) is 11.1. The second kappa shape index (κ2) is 4.66. The van der Waals surface area contributed by atoms with Gasteiger partial charge in [0.15, 0.2) is 0 Å². The molecule has 0 fully saturated rings. The number of aryl methyl sites for hydroxylation is 1. The van der Waals surface area contributed by atoms with Gasteiger partial charge in [-0.05, 0) is 32.0 Å². The van der Waals surface area contributed by atoms with Crippen LogP contribution in [0.1, 0.15) is 32.0 Å². The van der Waals surface area contributed by atoms with E-state index >= 15 is 0 Å². The lowest BCUT2D eigenvalue weighted by molar-refractivity contribution is 0.599. The third-order valence-corrected chi connectivity index (χ3v) is 3.04. The average molecular weight is 217 g/mol. The van der Waals surface area contributed by atoms with Crippen LogP contribution in [-0.2, 0) is 6.54 Å². The summed E-state index contributed by atoms with van der Waals surface area (Å²) in [6, 6.07) is 8.30. The zero-order valence-electron chi connectivity index (χ0n) is 9.98. The topological polar surface area (TPSA) is 43.8 Å². The second-order valence-corrected chi connectivity index (χ2v) is 4.18. The Balaban J connectivity index is 2.51. The summed E-state index contributed by atoms with van der Waals surface area (Å²) >= 11 is 0. The van der Waals surface area contributed by atoms with Crippen LogP contribution in [0.15, 0.2) is 24.3 Å². The summed E-state index contributed by atoms with van der Waals surface area (Å²) in [7, 11) is 0. The summed E-state index contributed by atoms with van der Waals surface area (Å²) in [4.78, 5) is 4.71. The van der Waals surface area contributed by atoms with Gasteiger partial charge in [0.1, 0.15) is 5.82 Å². The molecule has 2 rings (SSSR count). The highest BCUT2D eigenvalue weighted by atomic mass is 15.1. The number of para-hydroxylation sites is 2. The van der Waals surface area contributed by atoms with Crippen LogP contribution in [0.2, 0.25) is 0 Å². The van der Waals surface area contributed by atoms with Gasteiger partial charge in [-0.3, -0.25) is 0 Å². The molecule has 0 aliphatic rings. The average Bonchev–Trinajstić information content (AvgIpc) is 2.67. The first-order valence-corrected chi connectivity index (χ1v) is 5.93. The van der Waals surface area contributed by atoms with E-state index in [0.29, 0.717) is 12.5 Å². The van der Waals surface area contributed by atoms with Gasteiger partial charge in [0, 0.05) is 12.5 Å². The summed E-state index contributed by atoms with van der Waals surface area (Å²) in [5, 5.41) is 0. The normalized spacial score (nSPS) is 13.2. The van der Waals surface area contributed by atoms with Crippen LogP contribution in [0.25, 0.3) is 11.0 Å². The fourth-order valence-electron chi connectivity index (χ4n) is 2.18. The Morgan fingerprint density at radius 1 is 1.38 bits per heavy atom. The van der Waals surface area contributed by atoms with E-state index in [0.717, 1.165) is 24.3 Å². The molecule has 3 heteroatoms. The fourth-order valence-corrected chi connectivity index (χ4v) is 2.18. The quantitative estimate of drug-likeness (QED) is 0.855. The van der Waals surface area contributed by atoms with E-state index in [4.69, 9.17) is 10.7 Å². The summed E-state index contributed by atoms with van der Waals surface area (Å²) in [5.41, 5.74) is 7.93. The fraction of sp³-hybridized carbons (Fsp3) is 0.462. The molecule has 1 aromatic heterocycles. The molecule has 0 saturated heterocycles. The van der Waals surface area contributed by atoms with Gasteiger partial charge in [0.2, 0.25) is 0 Å². The maximum atomic E-state index is 5.62. The third kappa shape index (κ3) is 1.83. The van der Waals surface area contributed by atoms with Crippen molar-refractivity contribution in [1.82, 2.24) is 9.55 Å². The van der Waals surface area contributed by atoms with Crippen molar-refractivity contribution < 1.29 is 0 Å². The number of hydrogen-bond acceptors (Lipinski definition) is 2. The van der Waals surface area contributed by atoms with Crippen molar-refractivity contribution in [3.63, 3.8) is 0 Å². The van der Waals surface area contributed by atoms with Gasteiger partial charge >= 0.3 is 0 Å². The Labute approximate surface area is 96.3 Å². The Morgan fingerprint density at radius 3 is 2.81 bits per heavy atom. The Kier molecular flexibility index (Phi) is 3.25. The second-order valence-electron chi connectivity index (χ2n) is 4.18. The van der Waals surface area contributed by atoms with Gasteiger partial charge in [0.25, 0.3) is 0 Å². The number of benzene rings is 1. The number of aromatic nitrogens is 2. The molecule has 1 unspecified atom stereocenters. The summed E-state index contributed by atoms with van der Waals surface area (Å²) < 4.78 is 2.29. The predicted molar refractivity (Wildman–Crippen MR) is 67.5 cm³/mol. The van der Waals surface area contributed by atoms with E-state index in [1.807, 2.05) is 6.07 Å². The molecule has 0 aliphatic carbocycles. The van der Waals surface area contributed by atoms with Crippen molar-refractivity contribution in [3.05, 3.63) is 30.1 Å². The van der Waals surface area contributed by atoms with Crippen molar-refractivity contribution >= 4 is 11.0 Å². The number of rotatable bonds is 4. The third-order valence-electron chi connectivity index (χ3n) is 3.04. The van der Waals surface area contributed by atoms with E-state index in [1.165, 1.54) is 5.52 Å². The van der Waals surface area contributed by atoms with Gasteiger partial charge in [-0.1, -0.05) is 19.1 Å². The van der Waals surface area contributed by atoms with Crippen molar-refractivity contribution in [2.75, 3.05) is 6.54 Å². The van der Waals surface area contributed by atoms with Crippen molar-refractivity contribution in [1.29, 1.82) is 0 Å². The van der Waals surface area contributed by atoms with E-state index in [1.54, 1.807) is 0 Å². The van der Waals surface area contributed by atoms with Gasteiger partial charge in [-0.15, -0.1) is 0 Å². The van der Waals surface area contributed by atoms with Crippen LogP contribution in [0.3, 0.4) is 0 Å². The highest BCUT2D eigenvalue weighted by molar-refractivity contribution is 5.76. The van der Waals surface area contributed by atoms with Crippen LogP contribution >= 0.6 is 0 Å². The number of fused-ring (bicyclic) bond motifs is 1. The highest BCUT2D eigenvalue weighted by Gasteiger charge is 2.14. The van der Waals surface area contributed by atoms with E-state index in [-0.39, 0.29) is 0 Å². The minimum atomic E-state index is 0.428. The largest absolute Gasteiger partial charge is 0.330 e. The van der Waals surface area contributed by atoms with Crippen molar-refractivity contribution in [2.45, 2.75) is 32.7 Å². The standard InChI is InChI=1S/C13H19N3/c1-3-16-12-7-5-4-6-11(12)15-13(16)10(2)8-9-14/h4-7,10H,3,8-9,14H2,1-2H3. The summed E-state index contributed by atoms with van der Waals surface area (Å²) in [5.74, 6) is 1.59. The molecule has 16 heavy (non-hydrogen) atoms. The van der Waals surface area contributed by atoms with E-state index in [9.17, 15) is 0 Å². The summed E-state index contributed by atoms with van der Waals surface area (Å²) in [6.07, 6.45) is 0.989. The van der Waals surface area contributed by atoms with Crippen molar-refractivity contribution in [3.8, 4) is 0 Å². The number of nitrogens with two attached hydrogens (primary N) is 1. The maximum absolute atomic E-state index is 5.62. The molecule has 0 saturated carbocycles. The molecule has 0 radical (unpaired) electrons. The van der Waals surface area contributed by atoms with E-state index < -0.39 is 0 Å². The molecular formula is C13H19N3. The van der Waals surface area contributed by atoms with Crippen LogP contribution in [0.4, 0.5) is 0 Å². The minimum absolute atomic E-state index is 0.428. The van der Waals surface area contributed by atoms with Crippen LogP contribution in [0.5, 0.6) is 0 Å². The molecule has 0 aliphatic heterocycles. The van der Waals surface area contributed by atoms with Crippen LogP contribution in [-0.4, -0.2) is 16.1 Å². The lowest BCUT2D eigenvalue weighted by atomic mass is 10.1. The van der Waals surface area contributed by atoms with Crippen LogP contribution < -0.4 is 5.73 Å². The minimum Gasteiger partial charge on any atom is -0.330 e. The van der Waals surface area contributed by atoms with Crippen LogP contribution in [0, 0.1) is 0 Å². The molecule has 0 amide bonds. The Hall–Kier alpha value is -1.35. The number of hydrogen-bond donors (Lipinski definition) is 1. The van der Waals surface area contributed by atoms with E-state index in [2.05, 4.69) is 36.6 Å². The lowest BCUT2D eigenvalue weighted by Crippen LogP contribution is -2.10. The van der Waals surface area contributed by atoms with Crippen molar-refractivity contribution in [2.24, 2.45) is 5.73 Å². The molecule has 1 atom stereocenters. The molecule has 86 valence electrons. The Morgan fingerprint density at radius 2 is 2.12 bits per heavy atom. The SMILES string of the molecule is CCn1c(C(C)CCN)nc2ccccc21. The zero-order chi connectivity index (χ0) is 11.5. The summed E-state index contributed by atoms with van der Waals surface area (Å²) in [6.45, 7) is 6.03. The first-order chi connectivity index (χ1) is 7.77. The molecule has 2 aromatic rings. The smallest absolute Gasteiger partial charge is 0.112 e. The van der Waals surface area contributed by atoms with Gasteiger partial charge in [-0.2, -0.15) is 0 Å². The maximum Gasteiger partial charge on any atom is 0.112 e. The molecule has 1 aromatic carbocycles.